The number of aromatic nitrogens is 2. The Bertz CT molecular complexity index is 492. The third-order valence-electron chi connectivity index (χ3n) is 2.28. The van der Waals surface area contributed by atoms with E-state index in [1.165, 1.54) is 0 Å². The van der Waals surface area contributed by atoms with E-state index in [0.717, 1.165) is 16.5 Å². The second kappa shape index (κ2) is 3.70. The van der Waals surface area contributed by atoms with Crippen LogP contribution < -0.4 is 5.73 Å². The van der Waals surface area contributed by atoms with Gasteiger partial charge >= 0.3 is 5.97 Å². The summed E-state index contributed by atoms with van der Waals surface area (Å²) >= 11 is 0. The molecule has 0 bridgehead atoms. The van der Waals surface area contributed by atoms with E-state index >= 15 is 0 Å². The number of aliphatic carboxylic acids is 1. The van der Waals surface area contributed by atoms with Crippen molar-refractivity contribution < 1.29 is 9.90 Å². The average Bonchev–Trinajstić information content (AvgIpc) is 2.64. The van der Waals surface area contributed by atoms with Crippen molar-refractivity contribution in [2.45, 2.75) is 12.5 Å². The maximum atomic E-state index is 10.6. The summed E-state index contributed by atoms with van der Waals surface area (Å²) in [6, 6.07) is 4.76. The predicted octanol–water partition coefficient (Wildman–Crippen LogP) is 0.517. The molecule has 0 aliphatic rings. The van der Waals surface area contributed by atoms with E-state index in [4.69, 9.17) is 10.8 Å². The summed E-state index contributed by atoms with van der Waals surface area (Å²) < 4.78 is 0. The van der Waals surface area contributed by atoms with E-state index in [9.17, 15) is 4.79 Å². The van der Waals surface area contributed by atoms with Crippen LogP contribution in [0.15, 0.2) is 24.4 Å². The molecule has 5 heteroatoms. The van der Waals surface area contributed by atoms with Crippen LogP contribution in [0.2, 0.25) is 0 Å². The highest BCUT2D eigenvalue weighted by atomic mass is 16.4. The first-order valence-electron chi connectivity index (χ1n) is 4.57. The van der Waals surface area contributed by atoms with Crippen molar-refractivity contribution in [3.05, 3.63) is 30.0 Å². The SMILES string of the molecule is N[C@@H](Cc1ccc2cn[nH]c2c1)C(=O)O. The predicted molar refractivity (Wildman–Crippen MR) is 55.4 cm³/mol. The second-order valence-electron chi connectivity index (χ2n) is 3.44. The van der Waals surface area contributed by atoms with Crippen LogP contribution in [0.4, 0.5) is 0 Å². The Kier molecular flexibility index (Phi) is 2.39. The van der Waals surface area contributed by atoms with Crippen molar-refractivity contribution in [3.8, 4) is 0 Å². The number of aromatic amines is 1. The van der Waals surface area contributed by atoms with Crippen molar-refractivity contribution in [1.29, 1.82) is 0 Å². The number of nitrogens with two attached hydrogens (primary N) is 1. The van der Waals surface area contributed by atoms with Gasteiger partial charge in [-0.2, -0.15) is 5.10 Å². The number of carbonyl (C=O) groups is 1. The standard InChI is InChI=1S/C10H11N3O2/c11-8(10(14)15)3-6-1-2-7-5-12-13-9(7)4-6/h1-2,4-5,8H,3,11H2,(H,12,13)(H,14,15)/t8-/m0/s1. The van der Waals surface area contributed by atoms with E-state index in [1.807, 2.05) is 18.2 Å². The van der Waals surface area contributed by atoms with Crippen LogP contribution in [-0.4, -0.2) is 27.3 Å². The topological polar surface area (TPSA) is 92.0 Å². The number of hydrogen-bond acceptors (Lipinski definition) is 3. The second-order valence-corrected chi connectivity index (χ2v) is 3.44. The molecule has 1 aromatic carbocycles. The zero-order chi connectivity index (χ0) is 10.8. The first kappa shape index (κ1) is 9.67. The Morgan fingerprint density at radius 2 is 2.40 bits per heavy atom. The number of nitrogens with one attached hydrogen (secondary N) is 1. The van der Waals surface area contributed by atoms with Gasteiger partial charge in [0.15, 0.2) is 0 Å². The van der Waals surface area contributed by atoms with Gasteiger partial charge in [0.05, 0.1) is 11.7 Å². The van der Waals surface area contributed by atoms with Gasteiger partial charge in [0.25, 0.3) is 0 Å². The molecule has 0 fully saturated rings. The minimum atomic E-state index is -0.986. The highest BCUT2D eigenvalue weighted by molar-refractivity contribution is 5.79. The minimum absolute atomic E-state index is 0.324. The van der Waals surface area contributed by atoms with Gasteiger partial charge in [0.2, 0.25) is 0 Å². The summed E-state index contributed by atoms with van der Waals surface area (Å²) in [7, 11) is 0. The largest absolute Gasteiger partial charge is 0.480 e. The number of hydrogen-bond donors (Lipinski definition) is 3. The number of carboxylic acids is 1. The normalized spacial score (nSPS) is 12.9. The lowest BCUT2D eigenvalue weighted by molar-refractivity contribution is -0.138. The van der Waals surface area contributed by atoms with Gasteiger partial charge in [-0.25, -0.2) is 0 Å². The van der Waals surface area contributed by atoms with Crippen molar-refractivity contribution >= 4 is 16.9 Å². The molecule has 2 aromatic rings. The summed E-state index contributed by atoms with van der Waals surface area (Å²) in [6.45, 7) is 0. The summed E-state index contributed by atoms with van der Waals surface area (Å²) in [5, 5.41) is 16.4. The van der Waals surface area contributed by atoms with Crippen LogP contribution in [0.1, 0.15) is 5.56 Å². The van der Waals surface area contributed by atoms with Gasteiger partial charge in [-0.05, 0) is 18.1 Å². The van der Waals surface area contributed by atoms with Crippen LogP contribution in [0, 0.1) is 0 Å². The highest BCUT2D eigenvalue weighted by Gasteiger charge is 2.12. The lowest BCUT2D eigenvalue weighted by atomic mass is 10.1. The van der Waals surface area contributed by atoms with Crippen molar-refractivity contribution in [2.75, 3.05) is 0 Å². The zero-order valence-electron chi connectivity index (χ0n) is 7.97. The first-order valence-corrected chi connectivity index (χ1v) is 4.57. The fourth-order valence-corrected chi connectivity index (χ4v) is 1.45. The molecule has 1 aromatic heterocycles. The third-order valence-corrected chi connectivity index (χ3v) is 2.28. The van der Waals surface area contributed by atoms with E-state index in [2.05, 4.69) is 10.2 Å². The Morgan fingerprint density at radius 1 is 1.60 bits per heavy atom. The molecular formula is C10H11N3O2. The quantitative estimate of drug-likeness (QED) is 0.681. The Hall–Kier alpha value is -1.88. The summed E-state index contributed by atoms with van der Waals surface area (Å²) in [5.74, 6) is -0.986. The van der Waals surface area contributed by atoms with Crippen LogP contribution >= 0.6 is 0 Å². The first-order chi connectivity index (χ1) is 7.16. The zero-order valence-corrected chi connectivity index (χ0v) is 7.97. The number of benzene rings is 1. The maximum Gasteiger partial charge on any atom is 0.320 e. The van der Waals surface area contributed by atoms with Crippen molar-refractivity contribution in [2.24, 2.45) is 5.73 Å². The molecule has 2 rings (SSSR count). The molecule has 0 aliphatic carbocycles. The Balaban J connectivity index is 2.24. The van der Waals surface area contributed by atoms with Crippen LogP contribution in [0.25, 0.3) is 10.9 Å². The number of carboxylic acid groups (broad SMARTS) is 1. The van der Waals surface area contributed by atoms with Gasteiger partial charge in [-0.3, -0.25) is 9.89 Å². The van der Waals surface area contributed by atoms with Crippen LogP contribution in [-0.2, 0) is 11.2 Å². The number of fused-ring (bicyclic) bond motifs is 1. The molecule has 78 valence electrons. The molecule has 0 radical (unpaired) electrons. The van der Waals surface area contributed by atoms with Gasteiger partial charge in [-0.15, -0.1) is 0 Å². The van der Waals surface area contributed by atoms with Crippen LogP contribution in [0.5, 0.6) is 0 Å². The van der Waals surface area contributed by atoms with E-state index in [-0.39, 0.29) is 0 Å². The molecule has 4 N–H and O–H groups in total. The average molecular weight is 205 g/mol. The molecule has 1 atom stereocenters. The van der Waals surface area contributed by atoms with E-state index in [0.29, 0.717) is 6.42 Å². The van der Waals surface area contributed by atoms with E-state index in [1.54, 1.807) is 6.20 Å². The molecule has 0 saturated carbocycles. The van der Waals surface area contributed by atoms with Gasteiger partial charge in [0.1, 0.15) is 6.04 Å². The van der Waals surface area contributed by atoms with Gasteiger partial charge in [0, 0.05) is 5.39 Å². The summed E-state index contributed by atoms with van der Waals surface area (Å²) in [6.07, 6.45) is 2.04. The Labute approximate surface area is 85.9 Å². The molecule has 0 spiro atoms. The molecule has 0 amide bonds. The molecular weight excluding hydrogens is 194 g/mol. The highest BCUT2D eigenvalue weighted by Crippen LogP contribution is 2.13. The summed E-state index contributed by atoms with van der Waals surface area (Å²) in [5.41, 5.74) is 7.23. The third kappa shape index (κ3) is 1.97. The van der Waals surface area contributed by atoms with Crippen LogP contribution in [0.3, 0.4) is 0 Å². The minimum Gasteiger partial charge on any atom is -0.480 e. The fraction of sp³-hybridized carbons (Fsp3) is 0.200. The van der Waals surface area contributed by atoms with Crippen molar-refractivity contribution in [3.63, 3.8) is 0 Å². The number of rotatable bonds is 3. The monoisotopic (exact) mass is 205 g/mol. The lowest BCUT2D eigenvalue weighted by Crippen LogP contribution is -2.32. The molecule has 0 aliphatic heterocycles. The fourth-order valence-electron chi connectivity index (χ4n) is 1.45. The molecule has 15 heavy (non-hydrogen) atoms. The molecule has 5 nitrogen and oxygen atoms in total. The number of H-pyrrole nitrogens is 1. The maximum absolute atomic E-state index is 10.6. The molecule has 1 heterocycles. The smallest absolute Gasteiger partial charge is 0.320 e. The van der Waals surface area contributed by atoms with Gasteiger partial charge in [-0.1, -0.05) is 12.1 Å². The Morgan fingerprint density at radius 3 is 3.13 bits per heavy atom. The van der Waals surface area contributed by atoms with E-state index < -0.39 is 12.0 Å². The number of nitrogens with zero attached hydrogens (tertiary/aromatic N) is 1. The van der Waals surface area contributed by atoms with Gasteiger partial charge < -0.3 is 10.8 Å². The lowest BCUT2D eigenvalue weighted by Gasteiger charge is -2.05. The van der Waals surface area contributed by atoms with Crippen molar-refractivity contribution in [1.82, 2.24) is 10.2 Å². The molecule has 0 unspecified atom stereocenters. The molecule has 0 saturated heterocycles. The summed E-state index contributed by atoms with van der Waals surface area (Å²) in [4.78, 5) is 10.6.